The van der Waals surface area contributed by atoms with E-state index in [1.807, 2.05) is 53.9 Å². The number of aromatic nitrogens is 1. The molecular weight excluding hydrogens is 783 g/mol. The molecule has 1 aromatic carbocycles. The quantitative estimate of drug-likeness (QED) is 0.175. The molecule has 1 saturated heterocycles. The fourth-order valence-corrected chi connectivity index (χ4v) is 10.7. The van der Waals surface area contributed by atoms with Gasteiger partial charge in [0.25, 0.3) is 5.91 Å². The van der Waals surface area contributed by atoms with E-state index in [9.17, 15) is 27.6 Å². The number of carbonyl (C=O) groups is 4. The van der Waals surface area contributed by atoms with Crippen LogP contribution in [-0.2, 0) is 29.1 Å². The van der Waals surface area contributed by atoms with Gasteiger partial charge in [0.1, 0.15) is 40.9 Å². The fraction of sp³-hybridized carbons (Fsp3) is 0.500. The third kappa shape index (κ3) is 7.80. The molecule has 0 spiro atoms. The molecule has 4 fully saturated rings. The maximum atomic E-state index is 14.7. The Bertz CT molecular complexity index is 2370. The SMILES string of the molecule is O=C(N[C@H]1CCCCCC=C[C@@H]2C[C@@]2(C(=O)NS(=O)(=O)C2CC2)NC(=O)[C@@H]2C[C@@H](Oc3cc(-c4cccs4)nc4c3oc3ccccc34)CN2C1=O)OC1CCCC1. The molecule has 3 N–H and O–H groups in total. The topological polar surface area (TPSA) is 186 Å². The molecule has 14 nitrogen and oxygen atoms in total. The molecule has 9 rings (SSSR count). The van der Waals surface area contributed by atoms with Crippen LogP contribution in [-0.4, -0.2) is 83.7 Å². The van der Waals surface area contributed by atoms with Crippen LogP contribution in [0.5, 0.6) is 5.75 Å². The van der Waals surface area contributed by atoms with Crippen LogP contribution in [0, 0.1) is 5.92 Å². The van der Waals surface area contributed by atoms with E-state index >= 15 is 0 Å². The summed E-state index contributed by atoms with van der Waals surface area (Å²) in [5.74, 6) is -1.89. The second-order valence-electron chi connectivity index (χ2n) is 16.3. The van der Waals surface area contributed by atoms with E-state index in [2.05, 4.69) is 15.4 Å². The first kappa shape index (κ1) is 38.6. The minimum atomic E-state index is -3.90. The number of furan rings is 1. The second kappa shape index (κ2) is 15.7. The molecule has 2 aliphatic heterocycles. The van der Waals surface area contributed by atoms with Gasteiger partial charge in [0.2, 0.25) is 21.8 Å². The molecule has 4 aromatic rings. The summed E-state index contributed by atoms with van der Waals surface area (Å²) in [7, 11) is -3.90. The first-order chi connectivity index (χ1) is 28.1. The molecule has 0 unspecified atom stereocenters. The Morgan fingerprint density at radius 3 is 2.59 bits per heavy atom. The summed E-state index contributed by atoms with van der Waals surface area (Å²) in [5, 5.41) is 7.90. The normalized spacial score (nSPS) is 27.0. The lowest BCUT2D eigenvalue weighted by molar-refractivity contribution is -0.141. The Morgan fingerprint density at radius 1 is 0.983 bits per heavy atom. The van der Waals surface area contributed by atoms with Gasteiger partial charge in [-0.1, -0.05) is 43.2 Å². The van der Waals surface area contributed by atoms with Crippen molar-refractivity contribution in [3.63, 3.8) is 0 Å². The fourth-order valence-electron chi connectivity index (χ4n) is 8.65. The van der Waals surface area contributed by atoms with Gasteiger partial charge in [0, 0.05) is 23.8 Å². The minimum Gasteiger partial charge on any atom is -0.484 e. The molecule has 306 valence electrons. The van der Waals surface area contributed by atoms with E-state index in [0.717, 1.165) is 48.8 Å². The first-order valence-electron chi connectivity index (χ1n) is 20.4. The van der Waals surface area contributed by atoms with Gasteiger partial charge in [-0.05, 0) is 87.8 Å². The number of benzene rings is 1. The van der Waals surface area contributed by atoms with Gasteiger partial charge >= 0.3 is 6.09 Å². The number of allylic oxidation sites excluding steroid dienone is 1. The summed E-state index contributed by atoms with van der Waals surface area (Å²) in [6.45, 7) is -0.0102. The zero-order chi connectivity index (χ0) is 40.0. The molecule has 3 aromatic heterocycles. The molecule has 3 aliphatic carbocycles. The number of rotatable bonds is 8. The Kier molecular flexibility index (Phi) is 10.4. The van der Waals surface area contributed by atoms with E-state index in [0.29, 0.717) is 60.2 Å². The number of amides is 4. The monoisotopic (exact) mass is 829 g/mol. The zero-order valence-corrected chi connectivity index (χ0v) is 33.7. The smallest absolute Gasteiger partial charge is 0.408 e. The first-order valence-corrected chi connectivity index (χ1v) is 22.9. The highest BCUT2D eigenvalue weighted by atomic mass is 32.2. The lowest BCUT2D eigenvalue weighted by Crippen LogP contribution is -2.58. The molecule has 5 aliphatic rings. The number of pyridine rings is 1. The van der Waals surface area contributed by atoms with Crippen molar-refractivity contribution < 1.29 is 41.5 Å². The van der Waals surface area contributed by atoms with Crippen LogP contribution in [0.15, 0.2) is 64.4 Å². The standard InChI is InChI=1S/C42H47N5O9S2/c48-38-32-21-27(54-34-22-31(35-17-10-20-57-35)43-36-29-14-8-9-16-33(29)56-37(34)36)24-47(32)39(49)30(44-41(51)55-26-12-6-7-13-26)15-5-3-1-2-4-11-25-23-42(25,45-38)40(50)46-58(52,53)28-18-19-28/h4,8-11,14,16-17,20,22,25-28,30,32H,1-3,5-7,12-13,15,18-19,21,23-24H2,(H,44,51)(H,45,48)(H,46,50)/t25-,27-,30+,32+,42-/m1/s1. The summed E-state index contributed by atoms with van der Waals surface area (Å²) in [5.41, 5.74) is 0.845. The van der Waals surface area contributed by atoms with E-state index in [1.54, 1.807) is 6.07 Å². The van der Waals surface area contributed by atoms with Gasteiger partial charge < -0.3 is 29.4 Å². The average molecular weight is 830 g/mol. The summed E-state index contributed by atoms with van der Waals surface area (Å²) < 4.78 is 46.8. The third-order valence-corrected chi connectivity index (χ3v) is 14.8. The van der Waals surface area contributed by atoms with Gasteiger partial charge in [-0.2, -0.15) is 0 Å². The lowest BCUT2D eigenvalue weighted by Gasteiger charge is -2.30. The number of sulfonamides is 1. The number of nitrogens with one attached hydrogen (secondary N) is 3. The van der Waals surface area contributed by atoms with Crippen molar-refractivity contribution in [2.75, 3.05) is 6.54 Å². The largest absolute Gasteiger partial charge is 0.484 e. The highest BCUT2D eigenvalue weighted by molar-refractivity contribution is 7.91. The molecule has 3 saturated carbocycles. The number of hydrogen-bond acceptors (Lipinski definition) is 11. The van der Waals surface area contributed by atoms with E-state index < -0.39 is 68.7 Å². The van der Waals surface area contributed by atoms with Crippen molar-refractivity contribution in [3.8, 4) is 16.3 Å². The van der Waals surface area contributed by atoms with Crippen molar-refractivity contribution in [2.24, 2.45) is 5.92 Å². The van der Waals surface area contributed by atoms with Crippen molar-refractivity contribution in [1.29, 1.82) is 0 Å². The van der Waals surface area contributed by atoms with Crippen LogP contribution >= 0.6 is 11.3 Å². The Hall–Kier alpha value is -4.96. The number of para-hydroxylation sites is 1. The molecule has 58 heavy (non-hydrogen) atoms. The van der Waals surface area contributed by atoms with E-state index in [4.69, 9.17) is 18.9 Å². The third-order valence-electron chi connectivity index (χ3n) is 12.1. The predicted molar refractivity (Wildman–Crippen MR) is 216 cm³/mol. The Balaban J connectivity index is 1.04. The summed E-state index contributed by atoms with van der Waals surface area (Å²) in [4.78, 5) is 63.7. The Labute approximate surface area is 340 Å². The number of alkyl carbamates (subject to hydrolysis) is 1. The zero-order valence-electron chi connectivity index (χ0n) is 32.0. The van der Waals surface area contributed by atoms with Gasteiger partial charge in [0.05, 0.1) is 22.4 Å². The van der Waals surface area contributed by atoms with Crippen LogP contribution in [0.1, 0.15) is 83.5 Å². The van der Waals surface area contributed by atoms with Crippen LogP contribution in [0.3, 0.4) is 0 Å². The van der Waals surface area contributed by atoms with Crippen LogP contribution in [0.4, 0.5) is 4.79 Å². The van der Waals surface area contributed by atoms with Gasteiger partial charge in [0.15, 0.2) is 11.3 Å². The van der Waals surface area contributed by atoms with Crippen LogP contribution < -0.4 is 20.1 Å². The highest BCUT2D eigenvalue weighted by Crippen LogP contribution is 2.46. The maximum absolute atomic E-state index is 14.7. The number of thiophene rings is 1. The molecule has 0 bridgehead atoms. The molecule has 4 amide bonds. The predicted octanol–water partition coefficient (Wildman–Crippen LogP) is 6.10. The molecular formula is C42H47N5O9S2. The summed E-state index contributed by atoms with van der Waals surface area (Å²) in [6.07, 6.45) is 10.2. The van der Waals surface area contributed by atoms with Crippen LogP contribution in [0.25, 0.3) is 32.6 Å². The minimum absolute atomic E-state index is 0.0102. The Morgan fingerprint density at radius 2 is 1.79 bits per heavy atom. The van der Waals surface area contributed by atoms with E-state index in [-0.39, 0.29) is 25.5 Å². The summed E-state index contributed by atoms with van der Waals surface area (Å²) in [6, 6.07) is 11.2. The van der Waals surface area contributed by atoms with Gasteiger partial charge in [-0.3, -0.25) is 19.1 Å². The molecule has 5 heterocycles. The molecule has 5 atom stereocenters. The summed E-state index contributed by atoms with van der Waals surface area (Å²) >= 11 is 1.53. The van der Waals surface area contributed by atoms with Crippen molar-refractivity contribution in [3.05, 3.63) is 60.0 Å². The van der Waals surface area contributed by atoms with Crippen molar-refractivity contribution in [2.45, 2.75) is 119 Å². The lowest BCUT2D eigenvalue weighted by atomic mass is 10.0. The van der Waals surface area contributed by atoms with E-state index in [1.165, 1.54) is 16.2 Å². The molecule has 0 radical (unpaired) electrons. The number of fused-ring (bicyclic) bond motifs is 5. The molecule has 16 heteroatoms. The van der Waals surface area contributed by atoms with Crippen molar-refractivity contribution in [1.82, 2.24) is 25.2 Å². The van der Waals surface area contributed by atoms with Gasteiger partial charge in [-0.25, -0.2) is 18.2 Å². The number of nitrogens with zero attached hydrogens (tertiary/aromatic N) is 2. The van der Waals surface area contributed by atoms with Gasteiger partial charge in [-0.15, -0.1) is 11.3 Å². The number of ether oxygens (including phenoxy) is 2. The number of carbonyl (C=O) groups excluding carboxylic acids is 4. The van der Waals surface area contributed by atoms with Crippen molar-refractivity contribution >= 4 is 67.2 Å². The second-order valence-corrected chi connectivity index (χ2v) is 19.2. The highest BCUT2D eigenvalue weighted by Gasteiger charge is 2.62. The maximum Gasteiger partial charge on any atom is 0.408 e. The average Bonchev–Trinajstić information content (AvgIpc) is 3.81. The number of hydrogen-bond donors (Lipinski definition) is 3. The van der Waals surface area contributed by atoms with Crippen LogP contribution in [0.2, 0.25) is 0 Å².